The molecule has 4 heteroatoms. The van der Waals surface area contributed by atoms with Crippen LogP contribution in [-0.4, -0.2) is 19.3 Å². The van der Waals surface area contributed by atoms with Crippen LogP contribution in [0.15, 0.2) is 22.7 Å². The molecule has 1 heterocycles. The molecule has 2 rings (SSSR count). The van der Waals surface area contributed by atoms with Gasteiger partial charge in [-0.15, -0.1) is 0 Å². The second-order valence-corrected chi connectivity index (χ2v) is 4.84. The first kappa shape index (κ1) is 11.9. The maximum absolute atomic E-state index is 5.73. The number of hydrogen-bond acceptors (Lipinski definition) is 3. The quantitative estimate of drug-likeness (QED) is 0.854. The molecular formula is C12H15BrO3. The van der Waals surface area contributed by atoms with Gasteiger partial charge in [0.2, 0.25) is 0 Å². The van der Waals surface area contributed by atoms with Gasteiger partial charge in [0.15, 0.2) is 6.29 Å². The molecule has 88 valence electrons. The summed E-state index contributed by atoms with van der Waals surface area (Å²) in [6.45, 7) is 5.28. The van der Waals surface area contributed by atoms with Crippen LogP contribution in [0.3, 0.4) is 0 Å². The molecule has 0 aromatic heterocycles. The van der Waals surface area contributed by atoms with E-state index in [9.17, 15) is 0 Å². The molecule has 1 aromatic carbocycles. The highest BCUT2D eigenvalue weighted by molar-refractivity contribution is 9.10. The molecule has 0 bridgehead atoms. The summed E-state index contributed by atoms with van der Waals surface area (Å²) >= 11 is 3.44. The molecule has 1 fully saturated rings. The smallest absolute Gasteiger partial charge is 0.187 e. The van der Waals surface area contributed by atoms with Crippen molar-refractivity contribution in [2.45, 2.75) is 26.2 Å². The summed E-state index contributed by atoms with van der Waals surface area (Å²) in [5, 5.41) is 0. The average molecular weight is 287 g/mol. The summed E-state index contributed by atoms with van der Waals surface area (Å²) in [5.74, 6) is 0.824. The minimum atomic E-state index is -0.300. The third-order valence-electron chi connectivity index (χ3n) is 2.21. The largest absolute Gasteiger partial charge is 0.491 e. The molecule has 0 spiro atoms. The molecule has 1 saturated heterocycles. The molecule has 0 radical (unpaired) electrons. The van der Waals surface area contributed by atoms with Crippen molar-refractivity contribution in [1.29, 1.82) is 0 Å². The lowest BCUT2D eigenvalue weighted by Crippen LogP contribution is -2.09. The number of benzene rings is 1. The zero-order valence-corrected chi connectivity index (χ0v) is 11.0. The van der Waals surface area contributed by atoms with E-state index < -0.39 is 0 Å². The third-order valence-corrected chi connectivity index (χ3v) is 2.70. The third kappa shape index (κ3) is 2.75. The van der Waals surface area contributed by atoms with Crippen molar-refractivity contribution in [2.75, 3.05) is 13.2 Å². The summed E-state index contributed by atoms with van der Waals surface area (Å²) in [7, 11) is 0. The van der Waals surface area contributed by atoms with Crippen molar-refractivity contribution in [2.24, 2.45) is 0 Å². The Balaban J connectivity index is 2.28. The van der Waals surface area contributed by atoms with Gasteiger partial charge >= 0.3 is 0 Å². The lowest BCUT2D eigenvalue weighted by atomic mass is 10.2. The Morgan fingerprint density at radius 1 is 1.31 bits per heavy atom. The van der Waals surface area contributed by atoms with E-state index >= 15 is 0 Å². The maximum atomic E-state index is 5.73. The van der Waals surface area contributed by atoms with Crippen molar-refractivity contribution in [3.63, 3.8) is 0 Å². The van der Waals surface area contributed by atoms with Crippen LogP contribution in [0.5, 0.6) is 5.75 Å². The van der Waals surface area contributed by atoms with E-state index in [4.69, 9.17) is 14.2 Å². The van der Waals surface area contributed by atoms with Crippen LogP contribution in [0.25, 0.3) is 0 Å². The van der Waals surface area contributed by atoms with E-state index in [0.717, 1.165) is 15.8 Å². The van der Waals surface area contributed by atoms with Gasteiger partial charge in [0, 0.05) is 4.47 Å². The molecule has 0 N–H and O–H groups in total. The van der Waals surface area contributed by atoms with E-state index in [0.29, 0.717) is 13.2 Å². The zero-order chi connectivity index (χ0) is 11.5. The van der Waals surface area contributed by atoms with Crippen LogP contribution in [0, 0.1) is 0 Å². The van der Waals surface area contributed by atoms with Crippen molar-refractivity contribution in [3.05, 3.63) is 28.2 Å². The van der Waals surface area contributed by atoms with Gasteiger partial charge in [-0.1, -0.05) is 15.9 Å². The molecular weight excluding hydrogens is 272 g/mol. The highest BCUT2D eigenvalue weighted by Gasteiger charge is 2.22. The molecule has 1 aliphatic heterocycles. The zero-order valence-electron chi connectivity index (χ0n) is 9.40. The first-order valence-corrected chi connectivity index (χ1v) is 6.15. The minimum absolute atomic E-state index is 0.140. The number of rotatable bonds is 3. The van der Waals surface area contributed by atoms with Crippen LogP contribution in [0.4, 0.5) is 0 Å². The second-order valence-electron chi connectivity index (χ2n) is 3.92. The summed E-state index contributed by atoms with van der Waals surface area (Å²) < 4.78 is 17.7. The highest BCUT2D eigenvalue weighted by Crippen LogP contribution is 2.33. The Morgan fingerprint density at radius 3 is 2.62 bits per heavy atom. The Hall–Kier alpha value is -0.580. The molecule has 3 nitrogen and oxygen atoms in total. The fourth-order valence-electron chi connectivity index (χ4n) is 1.60. The highest BCUT2D eigenvalue weighted by atomic mass is 79.9. The molecule has 1 aromatic rings. The van der Waals surface area contributed by atoms with Crippen LogP contribution in [0.2, 0.25) is 0 Å². The van der Waals surface area contributed by atoms with Gasteiger partial charge in [0.1, 0.15) is 5.75 Å². The first-order chi connectivity index (χ1) is 7.66. The number of hydrogen-bond donors (Lipinski definition) is 0. The van der Waals surface area contributed by atoms with Gasteiger partial charge in [0.05, 0.1) is 24.9 Å². The molecule has 0 aliphatic carbocycles. The van der Waals surface area contributed by atoms with Gasteiger partial charge in [-0.2, -0.15) is 0 Å². The monoisotopic (exact) mass is 286 g/mol. The van der Waals surface area contributed by atoms with Crippen molar-refractivity contribution in [3.8, 4) is 5.75 Å². The lowest BCUT2D eigenvalue weighted by molar-refractivity contribution is -0.0461. The molecule has 0 saturated carbocycles. The number of halogens is 1. The predicted molar refractivity (Wildman–Crippen MR) is 64.6 cm³/mol. The fourth-order valence-corrected chi connectivity index (χ4v) is 1.98. The van der Waals surface area contributed by atoms with E-state index in [2.05, 4.69) is 15.9 Å². The average Bonchev–Trinajstić information content (AvgIpc) is 2.73. The molecule has 0 atom stereocenters. The van der Waals surface area contributed by atoms with E-state index in [1.807, 2.05) is 32.0 Å². The van der Waals surface area contributed by atoms with Crippen LogP contribution in [0.1, 0.15) is 25.7 Å². The second kappa shape index (κ2) is 5.17. The molecule has 16 heavy (non-hydrogen) atoms. The molecule has 1 aliphatic rings. The standard InChI is InChI=1S/C12H15BrO3/c1-8(2)16-11-4-3-9(13)7-10(11)12-14-5-6-15-12/h3-4,7-8,12H,5-6H2,1-2H3. The summed E-state index contributed by atoms with van der Waals surface area (Å²) in [6, 6.07) is 5.87. The van der Waals surface area contributed by atoms with Gasteiger partial charge in [-0.25, -0.2) is 0 Å². The van der Waals surface area contributed by atoms with Crippen molar-refractivity contribution >= 4 is 15.9 Å². The van der Waals surface area contributed by atoms with Gasteiger partial charge in [-0.05, 0) is 32.0 Å². The van der Waals surface area contributed by atoms with Crippen LogP contribution in [-0.2, 0) is 9.47 Å². The minimum Gasteiger partial charge on any atom is -0.491 e. The summed E-state index contributed by atoms with van der Waals surface area (Å²) in [6.07, 6.45) is -0.160. The normalized spacial score (nSPS) is 17.0. The summed E-state index contributed by atoms with van der Waals surface area (Å²) in [4.78, 5) is 0. The van der Waals surface area contributed by atoms with E-state index in [1.54, 1.807) is 0 Å². The van der Waals surface area contributed by atoms with E-state index in [-0.39, 0.29) is 12.4 Å². The SMILES string of the molecule is CC(C)Oc1ccc(Br)cc1C1OCCO1. The van der Waals surface area contributed by atoms with Crippen LogP contribution >= 0.6 is 15.9 Å². The van der Waals surface area contributed by atoms with E-state index in [1.165, 1.54) is 0 Å². The van der Waals surface area contributed by atoms with Crippen LogP contribution < -0.4 is 4.74 Å². The maximum Gasteiger partial charge on any atom is 0.187 e. The Bertz CT molecular complexity index is 359. The molecule has 0 unspecified atom stereocenters. The van der Waals surface area contributed by atoms with Crippen molar-refractivity contribution < 1.29 is 14.2 Å². The predicted octanol–water partition coefficient (Wildman–Crippen LogP) is 3.28. The Morgan fingerprint density at radius 2 is 2.00 bits per heavy atom. The fraction of sp³-hybridized carbons (Fsp3) is 0.500. The van der Waals surface area contributed by atoms with Gasteiger partial charge in [-0.3, -0.25) is 0 Å². The Labute approximate surface area is 104 Å². The Kier molecular flexibility index (Phi) is 3.84. The van der Waals surface area contributed by atoms with Crippen molar-refractivity contribution in [1.82, 2.24) is 0 Å². The first-order valence-electron chi connectivity index (χ1n) is 5.36. The van der Waals surface area contributed by atoms with Gasteiger partial charge in [0.25, 0.3) is 0 Å². The lowest BCUT2D eigenvalue weighted by Gasteiger charge is -2.17. The number of ether oxygens (including phenoxy) is 3. The topological polar surface area (TPSA) is 27.7 Å². The molecule has 0 amide bonds. The summed E-state index contributed by atoms with van der Waals surface area (Å²) in [5.41, 5.74) is 0.945. The van der Waals surface area contributed by atoms with Gasteiger partial charge < -0.3 is 14.2 Å².